The van der Waals surface area contributed by atoms with E-state index in [0.29, 0.717) is 23.6 Å². The van der Waals surface area contributed by atoms with Gasteiger partial charge >= 0.3 is 0 Å². The summed E-state index contributed by atoms with van der Waals surface area (Å²) in [6, 6.07) is 14.6. The van der Waals surface area contributed by atoms with Crippen LogP contribution in [0.5, 0.6) is 11.5 Å². The van der Waals surface area contributed by atoms with Gasteiger partial charge in [0.15, 0.2) is 0 Å². The molecule has 0 saturated carbocycles. The van der Waals surface area contributed by atoms with Crippen LogP contribution in [0, 0.1) is 11.3 Å². The SMILES string of the molecule is COc1cccc(COc2cc(C#N)ccc2N)c1. The fraction of sp³-hybridized carbons (Fsp3) is 0.133. The molecule has 0 aliphatic heterocycles. The van der Waals surface area contributed by atoms with E-state index in [-0.39, 0.29) is 0 Å². The van der Waals surface area contributed by atoms with Crippen LogP contribution in [0.25, 0.3) is 0 Å². The molecular formula is C15H14N2O2. The van der Waals surface area contributed by atoms with Crippen molar-refractivity contribution in [1.29, 1.82) is 5.26 Å². The van der Waals surface area contributed by atoms with Gasteiger partial charge in [0.05, 0.1) is 24.4 Å². The number of nitrogens with zero attached hydrogens (tertiary/aromatic N) is 1. The topological polar surface area (TPSA) is 68.3 Å². The van der Waals surface area contributed by atoms with E-state index in [9.17, 15) is 0 Å². The molecule has 0 unspecified atom stereocenters. The molecule has 0 radical (unpaired) electrons. The molecule has 0 spiro atoms. The van der Waals surface area contributed by atoms with Gasteiger partial charge in [-0.15, -0.1) is 0 Å². The highest BCUT2D eigenvalue weighted by molar-refractivity contribution is 5.56. The molecule has 96 valence electrons. The average Bonchev–Trinajstić information content (AvgIpc) is 2.46. The van der Waals surface area contributed by atoms with Gasteiger partial charge in [0.25, 0.3) is 0 Å². The first-order chi connectivity index (χ1) is 9.22. The molecule has 2 aromatic carbocycles. The van der Waals surface area contributed by atoms with Crippen molar-refractivity contribution in [2.24, 2.45) is 0 Å². The molecule has 0 amide bonds. The molecule has 2 N–H and O–H groups in total. The normalized spacial score (nSPS) is 9.68. The maximum Gasteiger partial charge on any atom is 0.144 e. The quantitative estimate of drug-likeness (QED) is 0.852. The Morgan fingerprint density at radius 2 is 2.05 bits per heavy atom. The van der Waals surface area contributed by atoms with Gasteiger partial charge in [-0.25, -0.2) is 0 Å². The summed E-state index contributed by atoms with van der Waals surface area (Å²) in [7, 11) is 1.62. The van der Waals surface area contributed by atoms with Crippen molar-refractivity contribution in [2.45, 2.75) is 6.61 Å². The summed E-state index contributed by atoms with van der Waals surface area (Å²) in [6.45, 7) is 0.371. The second-order valence-electron chi connectivity index (χ2n) is 4.00. The summed E-state index contributed by atoms with van der Waals surface area (Å²) >= 11 is 0. The first kappa shape index (κ1) is 12.8. The van der Waals surface area contributed by atoms with Gasteiger partial charge in [-0.2, -0.15) is 5.26 Å². The van der Waals surface area contributed by atoms with Gasteiger partial charge < -0.3 is 15.2 Å². The fourth-order valence-corrected chi connectivity index (χ4v) is 1.65. The molecule has 0 atom stereocenters. The van der Waals surface area contributed by atoms with Gasteiger partial charge in [-0.3, -0.25) is 0 Å². The molecule has 2 rings (SSSR count). The van der Waals surface area contributed by atoms with Crippen molar-refractivity contribution in [3.05, 3.63) is 53.6 Å². The molecule has 0 heterocycles. The Hall–Kier alpha value is -2.67. The molecule has 0 bridgehead atoms. The van der Waals surface area contributed by atoms with Crippen molar-refractivity contribution in [3.8, 4) is 17.6 Å². The van der Waals surface area contributed by atoms with Crippen LogP contribution >= 0.6 is 0 Å². The van der Waals surface area contributed by atoms with Gasteiger partial charge in [0.1, 0.15) is 18.1 Å². The number of anilines is 1. The van der Waals surface area contributed by atoms with Gasteiger partial charge in [-0.1, -0.05) is 12.1 Å². The van der Waals surface area contributed by atoms with Crippen LogP contribution in [0.15, 0.2) is 42.5 Å². The largest absolute Gasteiger partial charge is 0.497 e. The summed E-state index contributed by atoms with van der Waals surface area (Å²) in [6.07, 6.45) is 0. The van der Waals surface area contributed by atoms with E-state index in [1.807, 2.05) is 24.3 Å². The molecule has 0 aromatic heterocycles. The van der Waals surface area contributed by atoms with Gasteiger partial charge in [0.2, 0.25) is 0 Å². The third kappa shape index (κ3) is 3.17. The number of hydrogen-bond acceptors (Lipinski definition) is 4. The summed E-state index contributed by atoms with van der Waals surface area (Å²) in [5.74, 6) is 1.29. The van der Waals surface area contributed by atoms with E-state index in [2.05, 4.69) is 6.07 Å². The maximum absolute atomic E-state index is 8.84. The monoisotopic (exact) mass is 254 g/mol. The highest BCUT2D eigenvalue weighted by atomic mass is 16.5. The van der Waals surface area contributed by atoms with Crippen LogP contribution < -0.4 is 15.2 Å². The lowest BCUT2D eigenvalue weighted by Gasteiger charge is -2.10. The lowest BCUT2D eigenvalue weighted by molar-refractivity contribution is 0.307. The Kier molecular flexibility index (Phi) is 3.89. The van der Waals surface area contributed by atoms with Crippen molar-refractivity contribution < 1.29 is 9.47 Å². The predicted molar refractivity (Wildman–Crippen MR) is 72.9 cm³/mol. The number of hydrogen-bond donors (Lipinski definition) is 1. The number of methoxy groups -OCH3 is 1. The van der Waals surface area contributed by atoms with Crippen LogP contribution in [-0.2, 0) is 6.61 Å². The number of nitrogens with two attached hydrogens (primary N) is 1. The van der Waals surface area contributed by atoms with Crippen molar-refractivity contribution in [2.75, 3.05) is 12.8 Å². The number of rotatable bonds is 4. The number of nitrogen functional groups attached to an aromatic ring is 1. The fourth-order valence-electron chi connectivity index (χ4n) is 1.65. The molecule has 19 heavy (non-hydrogen) atoms. The summed E-state index contributed by atoms with van der Waals surface area (Å²) < 4.78 is 10.8. The highest BCUT2D eigenvalue weighted by Gasteiger charge is 2.03. The number of nitriles is 1. The zero-order valence-electron chi connectivity index (χ0n) is 10.6. The Morgan fingerprint density at radius 3 is 2.79 bits per heavy atom. The van der Waals surface area contributed by atoms with Crippen molar-refractivity contribution >= 4 is 5.69 Å². The van der Waals surface area contributed by atoms with E-state index in [1.54, 1.807) is 25.3 Å². The molecule has 2 aromatic rings. The van der Waals surface area contributed by atoms with Gasteiger partial charge in [0, 0.05) is 6.07 Å². The first-order valence-corrected chi connectivity index (χ1v) is 5.78. The Bertz CT molecular complexity index is 618. The summed E-state index contributed by atoms with van der Waals surface area (Å²) in [5, 5.41) is 8.84. The maximum atomic E-state index is 8.84. The lowest BCUT2D eigenvalue weighted by Crippen LogP contribution is -1.99. The minimum absolute atomic E-state index is 0.371. The minimum Gasteiger partial charge on any atom is -0.497 e. The molecule has 0 fully saturated rings. The lowest BCUT2D eigenvalue weighted by atomic mass is 10.2. The molecule has 0 saturated heterocycles. The van der Waals surface area contributed by atoms with Crippen LogP contribution in [-0.4, -0.2) is 7.11 Å². The van der Waals surface area contributed by atoms with E-state index < -0.39 is 0 Å². The van der Waals surface area contributed by atoms with E-state index >= 15 is 0 Å². The molecule has 0 aliphatic carbocycles. The van der Waals surface area contributed by atoms with Gasteiger partial charge in [-0.05, 0) is 29.8 Å². The summed E-state index contributed by atoms with van der Waals surface area (Å²) in [4.78, 5) is 0. The Labute approximate surface area is 112 Å². The Morgan fingerprint density at radius 1 is 1.21 bits per heavy atom. The smallest absolute Gasteiger partial charge is 0.144 e. The number of ether oxygens (including phenoxy) is 2. The van der Waals surface area contributed by atoms with Crippen LogP contribution in [0.1, 0.15) is 11.1 Å². The predicted octanol–water partition coefficient (Wildman–Crippen LogP) is 2.73. The standard InChI is InChI=1S/C15H14N2O2/c1-18-13-4-2-3-12(7-13)10-19-15-8-11(9-16)5-6-14(15)17/h2-8H,10,17H2,1H3. The van der Waals surface area contributed by atoms with Crippen molar-refractivity contribution in [3.63, 3.8) is 0 Å². The third-order valence-electron chi connectivity index (χ3n) is 2.67. The molecule has 0 aliphatic rings. The molecule has 4 heteroatoms. The van der Waals surface area contributed by atoms with Crippen LogP contribution in [0.4, 0.5) is 5.69 Å². The number of benzene rings is 2. The second kappa shape index (κ2) is 5.78. The second-order valence-corrected chi connectivity index (χ2v) is 4.00. The van der Waals surface area contributed by atoms with E-state index in [0.717, 1.165) is 11.3 Å². The van der Waals surface area contributed by atoms with E-state index in [4.69, 9.17) is 20.5 Å². The van der Waals surface area contributed by atoms with Crippen LogP contribution in [0.2, 0.25) is 0 Å². The average molecular weight is 254 g/mol. The van der Waals surface area contributed by atoms with E-state index in [1.165, 1.54) is 0 Å². The zero-order chi connectivity index (χ0) is 13.7. The summed E-state index contributed by atoms with van der Waals surface area (Å²) in [5.41, 5.74) is 7.82. The third-order valence-corrected chi connectivity index (χ3v) is 2.67. The highest BCUT2D eigenvalue weighted by Crippen LogP contribution is 2.24. The minimum atomic E-state index is 0.371. The molecular weight excluding hydrogens is 240 g/mol. The molecule has 4 nitrogen and oxygen atoms in total. The Balaban J connectivity index is 2.12. The zero-order valence-corrected chi connectivity index (χ0v) is 10.6. The first-order valence-electron chi connectivity index (χ1n) is 5.78. The van der Waals surface area contributed by atoms with Crippen molar-refractivity contribution in [1.82, 2.24) is 0 Å². The van der Waals surface area contributed by atoms with Crippen LogP contribution in [0.3, 0.4) is 0 Å².